The number of aromatic carboxylic acids is 1. The Balaban J connectivity index is 1.47. The van der Waals surface area contributed by atoms with Crippen molar-refractivity contribution >= 4 is 11.9 Å². The number of fused-ring (bicyclic) bond motifs is 1. The molecule has 0 aliphatic heterocycles. The molecule has 3 N–H and O–H groups in total. The van der Waals surface area contributed by atoms with Gasteiger partial charge in [0.2, 0.25) is 5.91 Å². The Labute approximate surface area is 138 Å². The first kappa shape index (κ1) is 16.1. The highest BCUT2D eigenvalue weighted by atomic mass is 16.4. The Morgan fingerprint density at radius 1 is 1.25 bits per heavy atom. The van der Waals surface area contributed by atoms with Crippen molar-refractivity contribution in [2.24, 2.45) is 0 Å². The van der Waals surface area contributed by atoms with E-state index in [1.54, 1.807) is 0 Å². The largest absolute Gasteiger partial charge is 0.476 e. The summed E-state index contributed by atoms with van der Waals surface area (Å²) in [7, 11) is 0. The van der Waals surface area contributed by atoms with Gasteiger partial charge in [0, 0.05) is 19.4 Å². The van der Waals surface area contributed by atoms with Crippen molar-refractivity contribution in [2.45, 2.75) is 31.4 Å². The predicted octanol–water partition coefficient (Wildman–Crippen LogP) is 0.0125. The molecule has 1 aliphatic rings. The number of aliphatic hydroxyl groups is 1. The average Bonchev–Trinajstić information content (AvgIpc) is 3.10. The summed E-state index contributed by atoms with van der Waals surface area (Å²) < 4.78 is 1.35. The van der Waals surface area contributed by atoms with Gasteiger partial charge in [-0.05, 0) is 11.1 Å². The fourth-order valence-electron chi connectivity index (χ4n) is 2.98. The summed E-state index contributed by atoms with van der Waals surface area (Å²) in [5, 5.41) is 29.2. The number of carboxylic acids is 1. The van der Waals surface area contributed by atoms with Gasteiger partial charge in [-0.15, -0.1) is 5.10 Å². The fraction of sp³-hybridized carbons (Fsp3) is 0.375. The Kier molecular flexibility index (Phi) is 4.30. The van der Waals surface area contributed by atoms with Crippen LogP contribution in [0.4, 0.5) is 0 Å². The summed E-state index contributed by atoms with van der Waals surface area (Å²) in [5.41, 5.74) is 0.977. The van der Waals surface area contributed by atoms with Gasteiger partial charge >= 0.3 is 5.97 Å². The lowest BCUT2D eigenvalue weighted by atomic mass is 9.96. The minimum absolute atomic E-state index is 0.0272. The van der Waals surface area contributed by atoms with Gasteiger partial charge in [0.15, 0.2) is 5.69 Å². The monoisotopic (exact) mass is 330 g/mol. The number of nitrogens with one attached hydrogen (secondary N) is 1. The van der Waals surface area contributed by atoms with Crippen LogP contribution < -0.4 is 5.32 Å². The zero-order valence-corrected chi connectivity index (χ0v) is 13.0. The smallest absolute Gasteiger partial charge is 0.358 e. The third-order valence-corrected chi connectivity index (χ3v) is 4.07. The second kappa shape index (κ2) is 6.40. The van der Waals surface area contributed by atoms with Crippen LogP contribution >= 0.6 is 0 Å². The molecule has 0 radical (unpaired) electrons. The van der Waals surface area contributed by atoms with Crippen LogP contribution in [0.25, 0.3) is 0 Å². The molecule has 1 amide bonds. The summed E-state index contributed by atoms with van der Waals surface area (Å²) in [6, 6.07) is 7.79. The molecule has 1 heterocycles. The van der Waals surface area contributed by atoms with E-state index in [4.69, 9.17) is 5.11 Å². The van der Waals surface area contributed by atoms with E-state index < -0.39 is 11.6 Å². The molecule has 1 aromatic heterocycles. The first-order valence-corrected chi connectivity index (χ1v) is 7.64. The van der Waals surface area contributed by atoms with Crippen molar-refractivity contribution in [3.05, 3.63) is 47.3 Å². The SMILES string of the molecule is O=C(CC1(O)Cc2ccccc2C1)NCCn1cc(C(=O)O)nn1. The molecule has 1 aliphatic carbocycles. The minimum Gasteiger partial charge on any atom is -0.476 e. The van der Waals surface area contributed by atoms with Crippen molar-refractivity contribution in [2.75, 3.05) is 6.54 Å². The first-order chi connectivity index (χ1) is 11.5. The zero-order valence-electron chi connectivity index (χ0n) is 13.0. The summed E-state index contributed by atoms with van der Waals surface area (Å²) in [6.45, 7) is 0.592. The summed E-state index contributed by atoms with van der Waals surface area (Å²) in [4.78, 5) is 22.8. The van der Waals surface area contributed by atoms with Gasteiger partial charge in [-0.1, -0.05) is 29.5 Å². The number of hydrogen-bond acceptors (Lipinski definition) is 5. The van der Waals surface area contributed by atoms with Gasteiger partial charge < -0.3 is 15.5 Å². The van der Waals surface area contributed by atoms with Crippen molar-refractivity contribution in [1.29, 1.82) is 0 Å². The molecule has 0 spiro atoms. The van der Waals surface area contributed by atoms with Crippen LogP contribution in [-0.2, 0) is 24.2 Å². The fourth-order valence-corrected chi connectivity index (χ4v) is 2.98. The number of hydrogen-bond donors (Lipinski definition) is 3. The molecule has 3 rings (SSSR count). The standard InChI is InChI=1S/C16H18N4O4/c21-14(17-5-6-20-10-13(15(22)23)18-19-20)9-16(24)7-11-3-1-2-4-12(11)8-16/h1-4,10,24H,5-9H2,(H,17,21)(H,22,23). The quantitative estimate of drug-likeness (QED) is 0.687. The molecule has 1 aromatic carbocycles. The lowest BCUT2D eigenvalue weighted by molar-refractivity contribution is -0.125. The van der Waals surface area contributed by atoms with Gasteiger partial charge in [0.05, 0.1) is 24.8 Å². The number of carbonyl (C=O) groups excluding carboxylic acids is 1. The highest BCUT2D eigenvalue weighted by Crippen LogP contribution is 2.32. The normalized spacial score (nSPS) is 15.0. The molecular weight excluding hydrogens is 312 g/mol. The minimum atomic E-state index is -1.15. The topological polar surface area (TPSA) is 117 Å². The summed E-state index contributed by atoms with van der Waals surface area (Å²) >= 11 is 0. The van der Waals surface area contributed by atoms with Crippen molar-refractivity contribution in [3.63, 3.8) is 0 Å². The molecule has 2 aromatic rings. The van der Waals surface area contributed by atoms with E-state index >= 15 is 0 Å². The van der Waals surface area contributed by atoms with Crippen molar-refractivity contribution < 1.29 is 19.8 Å². The van der Waals surface area contributed by atoms with Crippen molar-refractivity contribution in [3.8, 4) is 0 Å². The first-order valence-electron chi connectivity index (χ1n) is 7.64. The van der Waals surface area contributed by atoms with E-state index in [2.05, 4.69) is 15.6 Å². The van der Waals surface area contributed by atoms with Gasteiger partial charge in [-0.2, -0.15) is 0 Å². The van der Waals surface area contributed by atoms with Crippen LogP contribution in [0.2, 0.25) is 0 Å². The maximum atomic E-state index is 12.0. The lowest BCUT2D eigenvalue weighted by Crippen LogP contribution is -2.38. The van der Waals surface area contributed by atoms with Crippen LogP contribution in [0.5, 0.6) is 0 Å². The van der Waals surface area contributed by atoms with E-state index in [0.29, 0.717) is 19.4 Å². The average molecular weight is 330 g/mol. The zero-order chi connectivity index (χ0) is 17.2. The van der Waals surface area contributed by atoms with E-state index in [1.165, 1.54) is 10.9 Å². The number of nitrogens with zero attached hydrogens (tertiary/aromatic N) is 3. The van der Waals surface area contributed by atoms with Crippen LogP contribution in [-0.4, -0.2) is 49.2 Å². The Bertz CT molecular complexity index is 746. The van der Waals surface area contributed by atoms with Gasteiger partial charge in [-0.25, -0.2) is 9.48 Å². The summed E-state index contributed by atoms with van der Waals surface area (Å²) in [6.07, 6.45) is 2.28. The second-order valence-corrected chi connectivity index (χ2v) is 6.05. The molecule has 24 heavy (non-hydrogen) atoms. The van der Waals surface area contributed by atoms with Gasteiger partial charge in [-0.3, -0.25) is 4.79 Å². The number of benzene rings is 1. The highest BCUT2D eigenvalue weighted by Gasteiger charge is 2.36. The van der Waals surface area contributed by atoms with E-state index in [1.807, 2.05) is 24.3 Å². The molecule has 126 valence electrons. The maximum absolute atomic E-state index is 12.0. The number of aromatic nitrogens is 3. The number of amides is 1. The maximum Gasteiger partial charge on any atom is 0.358 e. The van der Waals surface area contributed by atoms with Crippen molar-refractivity contribution in [1.82, 2.24) is 20.3 Å². The number of rotatable bonds is 6. The van der Waals surface area contributed by atoms with E-state index in [-0.39, 0.29) is 24.6 Å². The van der Waals surface area contributed by atoms with Crippen LogP contribution in [0.15, 0.2) is 30.5 Å². The van der Waals surface area contributed by atoms with Crippen LogP contribution in [0.1, 0.15) is 28.0 Å². The van der Waals surface area contributed by atoms with Crippen LogP contribution in [0.3, 0.4) is 0 Å². The molecule has 8 nitrogen and oxygen atoms in total. The molecule has 0 unspecified atom stereocenters. The Hall–Kier alpha value is -2.74. The molecule has 0 bridgehead atoms. The van der Waals surface area contributed by atoms with Gasteiger partial charge in [0.1, 0.15) is 0 Å². The molecule has 0 saturated carbocycles. The predicted molar refractivity (Wildman–Crippen MR) is 83.4 cm³/mol. The molecule has 0 atom stereocenters. The number of carboxylic acid groups (broad SMARTS) is 1. The Morgan fingerprint density at radius 2 is 1.92 bits per heavy atom. The third kappa shape index (κ3) is 3.60. The molecule has 8 heteroatoms. The molecule has 0 saturated heterocycles. The van der Waals surface area contributed by atoms with E-state index in [0.717, 1.165) is 11.1 Å². The summed E-state index contributed by atoms with van der Waals surface area (Å²) in [5.74, 6) is -1.39. The Morgan fingerprint density at radius 3 is 2.50 bits per heavy atom. The van der Waals surface area contributed by atoms with Gasteiger partial charge in [0.25, 0.3) is 0 Å². The molecule has 0 fully saturated rings. The number of carbonyl (C=O) groups is 2. The molecular formula is C16H18N4O4. The lowest BCUT2D eigenvalue weighted by Gasteiger charge is -2.21. The third-order valence-electron chi connectivity index (χ3n) is 4.07. The van der Waals surface area contributed by atoms with Crippen LogP contribution in [0, 0.1) is 0 Å². The van der Waals surface area contributed by atoms with E-state index in [9.17, 15) is 14.7 Å². The highest BCUT2D eigenvalue weighted by molar-refractivity contribution is 5.84. The second-order valence-electron chi connectivity index (χ2n) is 6.05.